The molecule has 98 valence electrons. The van der Waals surface area contributed by atoms with Crippen molar-refractivity contribution in [3.63, 3.8) is 0 Å². The van der Waals surface area contributed by atoms with Crippen LogP contribution in [0.15, 0.2) is 12.1 Å². The molecule has 1 fully saturated rings. The third-order valence-corrected chi connectivity index (χ3v) is 3.22. The van der Waals surface area contributed by atoms with Gasteiger partial charge in [-0.05, 0) is 37.1 Å². The first kappa shape index (κ1) is 12.7. The van der Waals surface area contributed by atoms with Gasteiger partial charge in [-0.3, -0.25) is 4.90 Å². The number of carbonyl (C=O) groups is 1. The smallest absolute Gasteiger partial charge is 0.414 e. The molecule has 1 atom stereocenters. The van der Waals surface area contributed by atoms with Gasteiger partial charge < -0.3 is 15.2 Å². The molecule has 0 bridgehead atoms. The number of hydrogen-bond acceptors (Lipinski definition) is 4. The zero-order valence-electron chi connectivity index (χ0n) is 10.9. The molecule has 2 rings (SSSR count). The lowest BCUT2D eigenvalue weighted by Crippen LogP contribution is -2.27. The van der Waals surface area contributed by atoms with E-state index >= 15 is 0 Å². The number of cyclic esters (lactones) is 1. The highest BCUT2D eigenvalue weighted by atomic mass is 16.6. The molecular formula is C13H18N2O3. The van der Waals surface area contributed by atoms with Gasteiger partial charge in [-0.15, -0.1) is 0 Å². The molecule has 1 aliphatic heterocycles. The van der Waals surface area contributed by atoms with E-state index < -0.39 is 0 Å². The van der Waals surface area contributed by atoms with Crippen LogP contribution < -0.4 is 15.4 Å². The Kier molecular flexibility index (Phi) is 3.43. The van der Waals surface area contributed by atoms with Crippen LogP contribution >= 0.6 is 0 Å². The standard InChI is InChI=1S/C13H18N2O3/c1-8-4-11(12(17-3)5-9(8)2)15-7-10(6-14)18-13(15)16/h4-5,10H,6-7,14H2,1-3H3. The molecule has 1 aromatic carbocycles. The van der Waals surface area contributed by atoms with E-state index in [9.17, 15) is 4.79 Å². The average Bonchev–Trinajstić information content (AvgIpc) is 2.73. The number of carbonyl (C=O) groups excluding carboxylic acids is 1. The van der Waals surface area contributed by atoms with E-state index in [4.69, 9.17) is 15.2 Å². The van der Waals surface area contributed by atoms with Gasteiger partial charge in [0.15, 0.2) is 0 Å². The Morgan fingerprint density at radius 2 is 2.11 bits per heavy atom. The van der Waals surface area contributed by atoms with Gasteiger partial charge in [0, 0.05) is 6.54 Å². The first-order valence-electron chi connectivity index (χ1n) is 5.90. The molecule has 1 aromatic rings. The van der Waals surface area contributed by atoms with Crippen LogP contribution in [-0.2, 0) is 4.74 Å². The zero-order chi connectivity index (χ0) is 13.3. The maximum absolute atomic E-state index is 11.8. The van der Waals surface area contributed by atoms with Crippen molar-refractivity contribution in [1.29, 1.82) is 0 Å². The summed E-state index contributed by atoms with van der Waals surface area (Å²) in [6, 6.07) is 3.86. The Hall–Kier alpha value is -1.75. The number of amides is 1. The Morgan fingerprint density at radius 3 is 2.67 bits per heavy atom. The predicted molar refractivity (Wildman–Crippen MR) is 69.1 cm³/mol. The van der Waals surface area contributed by atoms with Crippen molar-refractivity contribution < 1.29 is 14.3 Å². The molecule has 1 unspecified atom stereocenters. The maximum atomic E-state index is 11.8. The van der Waals surface area contributed by atoms with Crippen molar-refractivity contribution in [3.05, 3.63) is 23.3 Å². The topological polar surface area (TPSA) is 64.8 Å². The number of anilines is 1. The van der Waals surface area contributed by atoms with Crippen LogP contribution in [0.5, 0.6) is 5.75 Å². The van der Waals surface area contributed by atoms with Crippen LogP contribution in [0.3, 0.4) is 0 Å². The van der Waals surface area contributed by atoms with Crippen LogP contribution in [0, 0.1) is 13.8 Å². The summed E-state index contributed by atoms with van der Waals surface area (Å²) in [7, 11) is 1.59. The largest absolute Gasteiger partial charge is 0.495 e. The van der Waals surface area contributed by atoms with E-state index in [1.807, 2.05) is 26.0 Å². The molecule has 0 aliphatic carbocycles. The first-order valence-corrected chi connectivity index (χ1v) is 5.90. The fourth-order valence-corrected chi connectivity index (χ4v) is 1.99. The van der Waals surface area contributed by atoms with Gasteiger partial charge in [-0.2, -0.15) is 0 Å². The second kappa shape index (κ2) is 4.86. The molecular weight excluding hydrogens is 232 g/mol. The molecule has 0 aromatic heterocycles. The van der Waals surface area contributed by atoms with Crippen LogP contribution in [-0.4, -0.2) is 32.4 Å². The Labute approximate surface area is 106 Å². The molecule has 1 heterocycles. The summed E-state index contributed by atoms with van der Waals surface area (Å²) >= 11 is 0. The van der Waals surface area contributed by atoms with E-state index in [-0.39, 0.29) is 12.2 Å². The van der Waals surface area contributed by atoms with Crippen molar-refractivity contribution in [1.82, 2.24) is 0 Å². The average molecular weight is 250 g/mol. The summed E-state index contributed by atoms with van der Waals surface area (Å²) in [6.45, 7) is 4.80. The Balaban J connectivity index is 2.38. The highest BCUT2D eigenvalue weighted by molar-refractivity contribution is 5.92. The van der Waals surface area contributed by atoms with E-state index in [0.717, 1.165) is 16.8 Å². The Morgan fingerprint density at radius 1 is 1.44 bits per heavy atom. The maximum Gasteiger partial charge on any atom is 0.414 e. The Bertz CT molecular complexity index is 474. The second-order valence-electron chi connectivity index (χ2n) is 4.46. The summed E-state index contributed by atoms with van der Waals surface area (Å²) in [5.41, 5.74) is 8.49. The van der Waals surface area contributed by atoms with Crippen molar-refractivity contribution in [2.75, 3.05) is 25.1 Å². The van der Waals surface area contributed by atoms with Crippen molar-refractivity contribution in [2.45, 2.75) is 20.0 Å². The number of aryl methyl sites for hydroxylation is 2. The minimum absolute atomic E-state index is 0.246. The molecule has 0 spiro atoms. The van der Waals surface area contributed by atoms with Gasteiger partial charge in [0.2, 0.25) is 0 Å². The molecule has 5 nitrogen and oxygen atoms in total. The van der Waals surface area contributed by atoms with E-state index in [1.165, 1.54) is 0 Å². The van der Waals surface area contributed by atoms with Gasteiger partial charge in [0.25, 0.3) is 0 Å². The number of rotatable bonds is 3. The summed E-state index contributed by atoms with van der Waals surface area (Å²) in [4.78, 5) is 13.4. The number of benzene rings is 1. The molecule has 0 saturated carbocycles. The molecule has 1 saturated heterocycles. The first-order chi connectivity index (χ1) is 8.56. The second-order valence-corrected chi connectivity index (χ2v) is 4.46. The van der Waals surface area contributed by atoms with Crippen LogP contribution in [0.1, 0.15) is 11.1 Å². The van der Waals surface area contributed by atoms with Crippen molar-refractivity contribution in [3.8, 4) is 5.75 Å². The van der Waals surface area contributed by atoms with Gasteiger partial charge in [0.1, 0.15) is 11.9 Å². The van der Waals surface area contributed by atoms with Crippen LogP contribution in [0.25, 0.3) is 0 Å². The molecule has 2 N–H and O–H groups in total. The zero-order valence-corrected chi connectivity index (χ0v) is 10.9. The number of methoxy groups -OCH3 is 1. The lowest BCUT2D eigenvalue weighted by molar-refractivity contribution is 0.145. The number of ether oxygens (including phenoxy) is 2. The van der Waals surface area contributed by atoms with Gasteiger partial charge >= 0.3 is 6.09 Å². The molecule has 0 radical (unpaired) electrons. The van der Waals surface area contributed by atoms with Crippen LogP contribution in [0.4, 0.5) is 10.5 Å². The molecule has 1 amide bonds. The van der Waals surface area contributed by atoms with Crippen molar-refractivity contribution in [2.24, 2.45) is 5.73 Å². The third-order valence-electron chi connectivity index (χ3n) is 3.22. The SMILES string of the molecule is COc1cc(C)c(C)cc1N1CC(CN)OC1=O. The fraction of sp³-hybridized carbons (Fsp3) is 0.462. The number of nitrogens with two attached hydrogens (primary N) is 1. The van der Waals surface area contributed by atoms with Crippen LogP contribution in [0.2, 0.25) is 0 Å². The number of nitrogens with zero attached hydrogens (tertiary/aromatic N) is 1. The number of hydrogen-bond donors (Lipinski definition) is 1. The quantitative estimate of drug-likeness (QED) is 0.885. The van der Waals surface area contributed by atoms with Crippen molar-refractivity contribution >= 4 is 11.8 Å². The summed E-state index contributed by atoms with van der Waals surface area (Å²) in [6.07, 6.45) is -0.615. The van der Waals surface area contributed by atoms with E-state index in [1.54, 1.807) is 12.0 Å². The lowest BCUT2D eigenvalue weighted by Gasteiger charge is -2.18. The normalized spacial score (nSPS) is 19.0. The highest BCUT2D eigenvalue weighted by Gasteiger charge is 2.33. The lowest BCUT2D eigenvalue weighted by atomic mass is 10.1. The minimum atomic E-state index is -0.369. The van der Waals surface area contributed by atoms with Gasteiger partial charge in [0.05, 0.1) is 19.3 Å². The predicted octanol–water partition coefficient (Wildman–Crippen LogP) is 1.60. The van der Waals surface area contributed by atoms with E-state index in [2.05, 4.69) is 0 Å². The highest BCUT2D eigenvalue weighted by Crippen LogP contribution is 2.33. The van der Waals surface area contributed by atoms with Gasteiger partial charge in [-0.25, -0.2) is 4.79 Å². The minimum Gasteiger partial charge on any atom is -0.495 e. The summed E-state index contributed by atoms with van der Waals surface area (Å²) in [5.74, 6) is 0.674. The summed E-state index contributed by atoms with van der Waals surface area (Å²) in [5, 5.41) is 0. The third kappa shape index (κ3) is 2.13. The molecule has 1 aliphatic rings. The summed E-state index contributed by atoms with van der Waals surface area (Å²) < 4.78 is 10.5. The van der Waals surface area contributed by atoms with Gasteiger partial charge in [-0.1, -0.05) is 0 Å². The van der Waals surface area contributed by atoms with E-state index in [0.29, 0.717) is 18.8 Å². The monoisotopic (exact) mass is 250 g/mol. The fourth-order valence-electron chi connectivity index (χ4n) is 1.99. The molecule has 5 heteroatoms. The molecule has 18 heavy (non-hydrogen) atoms.